The van der Waals surface area contributed by atoms with Crippen LogP contribution in [0.1, 0.15) is 44.2 Å². The molecule has 1 aliphatic heterocycles. The number of hydrogen-bond acceptors (Lipinski definition) is 4. The van der Waals surface area contributed by atoms with E-state index in [4.69, 9.17) is 4.74 Å². The van der Waals surface area contributed by atoms with Crippen LogP contribution in [-0.4, -0.2) is 34.3 Å². The predicted molar refractivity (Wildman–Crippen MR) is 64.6 cm³/mol. The van der Waals surface area contributed by atoms with Gasteiger partial charge in [0.05, 0.1) is 0 Å². The van der Waals surface area contributed by atoms with Crippen LogP contribution in [0.3, 0.4) is 0 Å². The molecule has 0 aliphatic carbocycles. The quantitative estimate of drug-likeness (QED) is 0.732. The van der Waals surface area contributed by atoms with Gasteiger partial charge in [0.2, 0.25) is 5.82 Å². The van der Waals surface area contributed by atoms with Crippen molar-refractivity contribution in [2.45, 2.75) is 39.2 Å². The topological polar surface area (TPSA) is 47.4 Å². The molecule has 0 radical (unpaired) electrons. The Bertz CT molecular complexity index is 400. The Morgan fingerprint density at radius 3 is 2.59 bits per heavy atom. The molecule has 94 valence electrons. The second-order valence-electron chi connectivity index (χ2n) is 5.26. The van der Waals surface area contributed by atoms with Crippen LogP contribution in [0.25, 0.3) is 0 Å². The van der Waals surface area contributed by atoms with Crippen molar-refractivity contribution in [1.82, 2.24) is 9.66 Å². The SMILES string of the molecule is CC(C)(C)OC(=O)c1nccn1N1CCCC1. The highest BCUT2D eigenvalue weighted by Gasteiger charge is 2.24. The maximum Gasteiger partial charge on any atom is 0.376 e. The number of ether oxygens (including phenoxy) is 1. The zero-order valence-corrected chi connectivity index (χ0v) is 10.6. The van der Waals surface area contributed by atoms with E-state index >= 15 is 0 Å². The molecule has 0 N–H and O–H groups in total. The molecule has 17 heavy (non-hydrogen) atoms. The van der Waals surface area contributed by atoms with Crippen LogP contribution in [0.5, 0.6) is 0 Å². The molecule has 0 spiro atoms. The van der Waals surface area contributed by atoms with Crippen molar-refractivity contribution < 1.29 is 9.53 Å². The van der Waals surface area contributed by atoms with Gasteiger partial charge in [-0.2, -0.15) is 0 Å². The first kappa shape index (κ1) is 12.0. The Morgan fingerprint density at radius 1 is 1.35 bits per heavy atom. The minimum absolute atomic E-state index is 0.363. The molecule has 1 saturated heterocycles. The average molecular weight is 237 g/mol. The van der Waals surface area contributed by atoms with Crippen molar-refractivity contribution in [1.29, 1.82) is 0 Å². The first-order chi connectivity index (χ1) is 7.97. The van der Waals surface area contributed by atoms with Gasteiger partial charge in [0.1, 0.15) is 5.60 Å². The highest BCUT2D eigenvalue weighted by Crippen LogP contribution is 2.13. The van der Waals surface area contributed by atoms with Crippen LogP contribution >= 0.6 is 0 Å². The lowest BCUT2D eigenvalue weighted by atomic mass is 10.2. The molecule has 5 heteroatoms. The number of rotatable bonds is 2. The molecule has 0 amide bonds. The summed E-state index contributed by atoms with van der Waals surface area (Å²) < 4.78 is 7.14. The Labute approximate surface area is 101 Å². The van der Waals surface area contributed by atoms with Gasteiger partial charge in [-0.3, -0.25) is 0 Å². The molecule has 0 aromatic carbocycles. The number of imidazole rings is 1. The Morgan fingerprint density at radius 2 is 2.00 bits per heavy atom. The summed E-state index contributed by atoms with van der Waals surface area (Å²) >= 11 is 0. The summed E-state index contributed by atoms with van der Waals surface area (Å²) in [5, 5.41) is 2.12. The van der Waals surface area contributed by atoms with E-state index in [9.17, 15) is 4.79 Å². The predicted octanol–water partition coefficient (Wildman–Crippen LogP) is 1.57. The molecule has 0 bridgehead atoms. The summed E-state index contributed by atoms with van der Waals surface area (Å²) in [5.74, 6) is -0.00350. The van der Waals surface area contributed by atoms with Gasteiger partial charge in [-0.05, 0) is 33.6 Å². The van der Waals surface area contributed by atoms with Crippen molar-refractivity contribution in [3.05, 3.63) is 18.2 Å². The summed E-state index contributed by atoms with van der Waals surface area (Å²) in [6.07, 6.45) is 5.76. The third kappa shape index (κ3) is 2.78. The van der Waals surface area contributed by atoms with Crippen molar-refractivity contribution in [3.8, 4) is 0 Å². The van der Waals surface area contributed by atoms with Crippen LogP contribution in [0.15, 0.2) is 12.4 Å². The number of carbonyl (C=O) groups is 1. The lowest BCUT2D eigenvalue weighted by molar-refractivity contribution is 0.00503. The lowest BCUT2D eigenvalue weighted by Crippen LogP contribution is -2.35. The Balaban J connectivity index is 2.15. The zero-order chi connectivity index (χ0) is 12.5. The van der Waals surface area contributed by atoms with Gasteiger partial charge in [0.15, 0.2) is 0 Å². The van der Waals surface area contributed by atoms with E-state index in [1.807, 2.05) is 27.0 Å². The second-order valence-corrected chi connectivity index (χ2v) is 5.26. The fourth-order valence-electron chi connectivity index (χ4n) is 1.91. The van der Waals surface area contributed by atoms with Crippen LogP contribution < -0.4 is 5.01 Å². The summed E-state index contributed by atoms with van der Waals surface area (Å²) in [7, 11) is 0. The summed E-state index contributed by atoms with van der Waals surface area (Å²) in [5.41, 5.74) is -0.487. The molecule has 0 saturated carbocycles. The molecule has 2 heterocycles. The standard InChI is InChI=1S/C12H19N3O2/c1-12(2,3)17-11(16)10-13-6-9-15(10)14-7-4-5-8-14/h6,9H,4-5,7-8H2,1-3H3. The monoisotopic (exact) mass is 237 g/mol. The van der Waals surface area contributed by atoms with Gasteiger partial charge < -0.3 is 9.75 Å². The summed E-state index contributed by atoms with van der Waals surface area (Å²) in [6, 6.07) is 0. The highest BCUT2D eigenvalue weighted by molar-refractivity contribution is 5.86. The molecule has 1 aromatic rings. The van der Waals surface area contributed by atoms with Crippen LogP contribution in [0.4, 0.5) is 0 Å². The maximum atomic E-state index is 12.0. The highest BCUT2D eigenvalue weighted by atomic mass is 16.6. The molecular formula is C12H19N3O2. The molecule has 0 atom stereocenters. The zero-order valence-electron chi connectivity index (χ0n) is 10.6. The summed E-state index contributed by atoms with van der Waals surface area (Å²) in [6.45, 7) is 7.49. The van der Waals surface area contributed by atoms with E-state index < -0.39 is 5.60 Å². The van der Waals surface area contributed by atoms with E-state index in [0.29, 0.717) is 5.82 Å². The molecule has 1 aromatic heterocycles. The third-order valence-corrected chi connectivity index (χ3v) is 2.59. The van der Waals surface area contributed by atoms with Crippen molar-refractivity contribution in [3.63, 3.8) is 0 Å². The Hall–Kier alpha value is -1.52. The average Bonchev–Trinajstić information content (AvgIpc) is 2.85. The van der Waals surface area contributed by atoms with Gasteiger partial charge in [0.25, 0.3) is 0 Å². The number of esters is 1. The first-order valence-corrected chi connectivity index (χ1v) is 5.99. The minimum Gasteiger partial charge on any atom is -0.454 e. The number of carbonyl (C=O) groups excluding carboxylic acids is 1. The van der Waals surface area contributed by atoms with E-state index in [1.54, 1.807) is 10.9 Å². The second kappa shape index (κ2) is 4.39. The minimum atomic E-state index is -0.487. The fourth-order valence-corrected chi connectivity index (χ4v) is 1.91. The van der Waals surface area contributed by atoms with Gasteiger partial charge in [-0.25, -0.2) is 14.5 Å². The molecular weight excluding hydrogens is 218 g/mol. The van der Waals surface area contributed by atoms with Crippen LogP contribution in [0.2, 0.25) is 0 Å². The number of aromatic nitrogens is 2. The summed E-state index contributed by atoms with van der Waals surface area (Å²) in [4.78, 5) is 16.1. The lowest BCUT2D eigenvalue weighted by Gasteiger charge is -2.23. The smallest absolute Gasteiger partial charge is 0.376 e. The van der Waals surface area contributed by atoms with Crippen LogP contribution in [0, 0.1) is 0 Å². The molecule has 1 fully saturated rings. The van der Waals surface area contributed by atoms with E-state index in [0.717, 1.165) is 25.9 Å². The van der Waals surface area contributed by atoms with Crippen LogP contribution in [-0.2, 0) is 4.74 Å². The molecule has 2 rings (SSSR count). The number of nitrogens with zero attached hydrogens (tertiary/aromatic N) is 3. The fraction of sp³-hybridized carbons (Fsp3) is 0.667. The van der Waals surface area contributed by atoms with Crippen molar-refractivity contribution in [2.75, 3.05) is 18.1 Å². The van der Waals surface area contributed by atoms with E-state index in [1.165, 1.54) is 0 Å². The molecule has 1 aliphatic rings. The van der Waals surface area contributed by atoms with Gasteiger partial charge >= 0.3 is 5.97 Å². The van der Waals surface area contributed by atoms with E-state index in [-0.39, 0.29) is 5.97 Å². The van der Waals surface area contributed by atoms with Crippen molar-refractivity contribution >= 4 is 5.97 Å². The maximum absolute atomic E-state index is 12.0. The van der Waals surface area contributed by atoms with E-state index in [2.05, 4.69) is 9.99 Å². The van der Waals surface area contributed by atoms with Gasteiger partial charge in [0, 0.05) is 25.5 Å². The normalized spacial score (nSPS) is 16.3. The van der Waals surface area contributed by atoms with Gasteiger partial charge in [-0.1, -0.05) is 0 Å². The Kier molecular flexibility index (Phi) is 3.09. The largest absolute Gasteiger partial charge is 0.454 e. The van der Waals surface area contributed by atoms with Gasteiger partial charge in [-0.15, -0.1) is 0 Å². The number of hydrogen-bond donors (Lipinski definition) is 0. The van der Waals surface area contributed by atoms with Crippen molar-refractivity contribution in [2.24, 2.45) is 0 Å². The molecule has 0 unspecified atom stereocenters. The molecule has 5 nitrogen and oxygen atoms in total. The third-order valence-electron chi connectivity index (χ3n) is 2.59. The first-order valence-electron chi connectivity index (χ1n) is 5.99.